The fourth-order valence-corrected chi connectivity index (χ4v) is 4.09. The van der Waals surface area contributed by atoms with Gasteiger partial charge in [0, 0.05) is 43.9 Å². The van der Waals surface area contributed by atoms with Crippen molar-refractivity contribution in [3.8, 4) is 5.75 Å². The van der Waals surface area contributed by atoms with Gasteiger partial charge in [-0.05, 0) is 36.6 Å². The lowest BCUT2D eigenvalue weighted by Crippen LogP contribution is -2.26. The maximum atomic E-state index is 12.9. The highest BCUT2D eigenvalue weighted by atomic mass is 16.5. The second kappa shape index (κ2) is 8.63. The molecule has 0 aliphatic carbocycles. The number of carbonyl (C=O) groups is 2. The molecule has 2 N–H and O–H groups in total. The van der Waals surface area contributed by atoms with E-state index in [1.807, 2.05) is 56.6 Å². The third-order valence-corrected chi connectivity index (χ3v) is 5.58. The number of aryl methyl sites for hydroxylation is 1. The molecule has 3 aromatic rings. The SMILES string of the molecule is CNC(=O)c1cc(C(=O)NCCc2cnn(C)c2)cc2c1OC(C)C2c1ccccc1. The standard InChI is InChI=1S/C24H26N4O3/c1-15-21(17-7-5-4-6-8-17)19-11-18(12-20(22(19)31-15)24(30)25-2)23(29)26-10-9-16-13-27-28(3)14-16/h4-8,11-15,21H,9-10H2,1-3H3,(H,25,30)(H,26,29). The smallest absolute Gasteiger partial charge is 0.254 e. The minimum Gasteiger partial charge on any atom is -0.489 e. The van der Waals surface area contributed by atoms with Gasteiger partial charge >= 0.3 is 0 Å². The van der Waals surface area contributed by atoms with Crippen LogP contribution in [0.3, 0.4) is 0 Å². The molecule has 1 aliphatic heterocycles. The Hall–Kier alpha value is -3.61. The Labute approximate surface area is 181 Å². The zero-order valence-corrected chi connectivity index (χ0v) is 17.9. The van der Waals surface area contributed by atoms with Crippen LogP contribution in [0.1, 0.15) is 50.2 Å². The molecule has 2 heterocycles. The molecule has 160 valence electrons. The van der Waals surface area contributed by atoms with Gasteiger partial charge in [0.1, 0.15) is 11.9 Å². The van der Waals surface area contributed by atoms with Crippen LogP contribution in [0.2, 0.25) is 0 Å². The molecule has 31 heavy (non-hydrogen) atoms. The number of nitrogens with zero attached hydrogens (tertiary/aromatic N) is 2. The average Bonchev–Trinajstić information content (AvgIpc) is 3.34. The van der Waals surface area contributed by atoms with Crippen molar-refractivity contribution in [2.75, 3.05) is 13.6 Å². The molecule has 7 nitrogen and oxygen atoms in total. The van der Waals surface area contributed by atoms with Crippen molar-refractivity contribution in [3.63, 3.8) is 0 Å². The maximum absolute atomic E-state index is 12.9. The summed E-state index contributed by atoms with van der Waals surface area (Å²) in [5.74, 6) is 0.000687. The number of hydrogen-bond acceptors (Lipinski definition) is 4. The van der Waals surface area contributed by atoms with Crippen LogP contribution in [0.4, 0.5) is 0 Å². The molecule has 0 saturated carbocycles. The normalized spacial score (nSPS) is 17.0. The fraction of sp³-hybridized carbons (Fsp3) is 0.292. The van der Waals surface area contributed by atoms with Crippen LogP contribution >= 0.6 is 0 Å². The Morgan fingerprint density at radius 3 is 2.61 bits per heavy atom. The van der Waals surface area contributed by atoms with E-state index in [9.17, 15) is 9.59 Å². The van der Waals surface area contributed by atoms with Crippen LogP contribution in [0.25, 0.3) is 0 Å². The number of aromatic nitrogens is 2. The number of benzene rings is 2. The Kier molecular flexibility index (Phi) is 5.75. The lowest BCUT2D eigenvalue weighted by molar-refractivity contribution is 0.0954. The van der Waals surface area contributed by atoms with Gasteiger partial charge in [-0.15, -0.1) is 0 Å². The first kappa shape index (κ1) is 20.7. The van der Waals surface area contributed by atoms with Gasteiger partial charge in [-0.25, -0.2) is 0 Å². The van der Waals surface area contributed by atoms with Gasteiger partial charge in [0.05, 0.1) is 11.8 Å². The average molecular weight is 418 g/mol. The van der Waals surface area contributed by atoms with Crippen LogP contribution in [0, 0.1) is 0 Å². The number of carbonyl (C=O) groups excluding carboxylic acids is 2. The first-order chi connectivity index (χ1) is 15.0. The minimum absolute atomic E-state index is 0.0530. The van der Waals surface area contributed by atoms with Crippen LogP contribution in [0.5, 0.6) is 5.75 Å². The van der Waals surface area contributed by atoms with Gasteiger partial charge in [-0.2, -0.15) is 5.10 Å². The monoisotopic (exact) mass is 418 g/mol. The number of rotatable bonds is 6. The lowest BCUT2D eigenvalue weighted by Gasteiger charge is -2.15. The van der Waals surface area contributed by atoms with Crippen molar-refractivity contribution in [1.82, 2.24) is 20.4 Å². The van der Waals surface area contributed by atoms with E-state index in [0.717, 1.165) is 16.7 Å². The summed E-state index contributed by atoms with van der Waals surface area (Å²) in [6.07, 6.45) is 4.24. The molecule has 2 aromatic carbocycles. The summed E-state index contributed by atoms with van der Waals surface area (Å²) in [5.41, 5.74) is 3.82. The Morgan fingerprint density at radius 2 is 1.94 bits per heavy atom. The van der Waals surface area contributed by atoms with E-state index in [0.29, 0.717) is 29.8 Å². The van der Waals surface area contributed by atoms with E-state index in [4.69, 9.17) is 4.74 Å². The van der Waals surface area contributed by atoms with Gasteiger partial charge in [-0.1, -0.05) is 30.3 Å². The number of amides is 2. The predicted octanol–water partition coefficient (Wildman–Crippen LogP) is 2.67. The Morgan fingerprint density at radius 1 is 1.16 bits per heavy atom. The first-order valence-corrected chi connectivity index (χ1v) is 10.3. The van der Waals surface area contributed by atoms with Crippen molar-refractivity contribution in [2.24, 2.45) is 7.05 Å². The zero-order chi connectivity index (χ0) is 22.0. The molecular weight excluding hydrogens is 392 g/mol. The predicted molar refractivity (Wildman–Crippen MR) is 117 cm³/mol. The largest absolute Gasteiger partial charge is 0.489 e. The number of nitrogens with one attached hydrogen (secondary N) is 2. The molecule has 0 saturated heterocycles. The molecule has 0 fully saturated rings. The van der Waals surface area contributed by atoms with Crippen molar-refractivity contribution >= 4 is 11.8 Å². The summed E-state index contributed by atoms with van der Waals surface area (Å²) in [7, 11) is 3.43. The second-order valence-corrected chi connectivity index (χ2v) is 7.76. The molecule has 4 rings (SSSR count). The summed E-state index contributed by atoms with van der Waals surface area (Å²) < 4.78 is 7.84. The maximum Gasteiger partial charge on any atom is 0.254 e. The molecule has 2 atom stereocenters. The number of ether oxygens (including phenoxy) is 1. The molecule has 0 bridgehead atoms. The van der Waals surface area contributed by atoms with Crippen LogP contribution in [-0.2, 0) is 13.5 Å². The van der Waals surface area contributed by atoms with Crippen LogP contribution < -0.4 is 15.4 Å². The van der Waals surface area contributed by atoms with Crippen molar-refractivity contribution in [2.45, 2.75) is 25.4 Å². The van der Waals surface area contributed by atoms with Gasteiger partial charge in [0.15, 0.2) is 0 Å². The highest BCUT2D eigenvalue weighted by Crippen LogP contribution is 2.44. The first-order valence-electron chi connectivity index (χ1n) is 10.3. The topological polar surface area (TPSA) is 85.3 Å². The summed E-state index contributed by atoms with van der Waals surface area (Å²) >= 11 is 0. The molecule has 2 unspecified atom stereocenters. The van der Waals surface area contributed by atoms with Crippen molar-refractivity contribution in [3.05, 3.63) is 82.7 Å². The van der Waals surface area contributed by atoms with E-state index in [1.165, 1.54) is 0 Å². The molecule has 2 amide bonds. The van der Waals surface area contributed by atoms with Crippen LogP contribution in [0.15, 0.2) is 54.9 Å². The zero-order valence-electron chi connectivity index (χ0n) is 17.9. The number of fused-ring (bicyclic) bond motifs is 1. The Balaban J connectivity index is 1.63. The minimum atomic E-state index is -0.276. The van der Waals surface area contributed by atoms with Gasteiger partial charge in [0.25, 0.3) is 11.8 Å². The highest BCUT2D eigenvalue weighted by molar-refractivity contribution is 6.02. The highest BCUT2D eigenvalue weighted by Gasteiger charge is 2.36. The summed E-state index contributed by atoms with van der Waals surface area (Å²) in [6, 6.07) is 13.5. The quantitative estimate of drug-likeness (QED) is 0.645. The fourth-order valence-electron chi connectivity index (χ4n) is 4.09. The summed E-state index contributed by atoms with van der Waals surface area (Å²) in [4.78, 5) is 25.5. The van der Waals surface area contributed by atoms with Crippen molar-refractivity contribution < 1.29 is 14.3 Å². The molecule has 1 aromatic heterocycles. The summed E-state index contributed by atoms with van der Waals surface area (Å²) in [5, 5.41) is 9.75. The van der Waals surface area contributed by atoms with Gasteiger partial charge in [-0.3, -0.25) is 14.3 Å². The summed E-state index contributed by atoms with van der Waals surface area (Å²) in [6.45, 7) is 2.46. The molecule has 0 spiro atoms. The van der Waals surface area contributed by atoms with E-state index in [-0.39, 0.29) is 23.8 Å². The molecule has 0 radical (unpaired) electrons. The van der Waals surface area contributed by atoms with Crippen molar-refractivity contribution in [1.29, 1.82) is 0 Å². The van der Waals surface area contributed by atoms with Gasteiger partial charge < -0.3 is 15.4 Å². The third kappa shape index (κ3) is 4.17. The van der Waals surface area contributed by atoms with E-state index < -0.39 is 0 Å². The molecule has 7 heteroatoms. The Bertz CT molecular complexity index is 1110. The van der Waals surface area contributed by atoms with Crippen LogP contribution in [-0.4, -0.2) is 41.3 Å². The molecular formula is C24H26N4O3. The lowest BCUT2D eigenvalue weighted by atomic mass is 9.87. The number of hydrogen-bond donors (Lipinski definition) is 2. The van der Waals surface area contributed by atoms with Gasteiger partial charge in [0.2, 0.25) is 0 Å². The van der Waals surface area contributed by atoms with E-state index in [1.54, 1.807) is 24.0 Å². The van der Waals surface area contributed by atoms with E-state index in [2.05, 4.69) is 15.7 Å². The second-order valence-electron chi connectivity index (χ2n) is 7.76. The third-order valence-electron chi connectivity index (χ3n) is 5.58. The van der Waals surface area contributed by atoms with E-state index >= 15 is 0 Å². The molecule has 1 aliphatic rings.